The number of carbonyl (C=O) groups excluding carboxylic acids is 1. The van der Waals surface area contributed by atoms with Crippen molar-refractivity contribution in [3.63, 3.8) is 0 Å². The van der Waals surface area contributed by atoms with Gasteiger partial charge in [0.05, 0.1) is 17.8 Å². The van der Waals surface area contributed by atoms with E-state index in [0.29, 0.717) is 44.0 Å². The largest absolute Gasteiger partial charge is 0.494 e. The Morgan fingerprint density at radius 1 is 1.25 bits per heavy atom. The van der Waals surface area contributed by atoms with Gasteiger partial charge in [0.15, 0.2) is 0 Å². The molecule has 3 aromatic rings. The third-order valence-electron chi connectivity index (χ3n) is 5.69. The minimum Gasteiger partial charge on any atom is -0.494 e. The van der Waals surface area contributed by atoms with Crippen LogP contribution in [0.25, 0.3) is 11.0 Å². The summed E-state index contributed by atoms with van der Waals surface area (Å²) in [5, 5.41) is 14.0. The molecule has 1 saturated heterocycles. The van der Waals surface area contributed by atoms with Crippen LogP contribution in [0.15, 0.2) is 48.7 Å². The number of aryl methyl sites for hydroxylation is 1. The van der Waals surface area contributed by atoms with Crippen molar-refractivity contribution in [2.24, 2.45) is 5.73 Å². The highest BCUT2D eigenvalue weighted by atomic mass is 16.5. The standard InChI is InChI=1S/C24H29N5O3/c1-17-3-8-20-22(28-17)21(9-12-26-20)29-13-10-24(31,16-29)15-27-23(30)18-4-6-19(7-5-18)32-14-2-11-25/h3-9,12,31H,2,10-11,13-16,25H2,1H3,(H,27,30)/t24-/m1/s1. The van der Waals surface area contributed by atoms with E-state index in [9.17, 15) is 9.90 Å². The van der Waals surface area contributed by atoms with Crippen LogP contribution in [0.3, 0.4) is 0 Å². The molecule has 1 aliphatic heterocycles. The quantitative estimate of drug-likeness (QED) is 0.464. The number of carbonyl (C=O) groups is 1. The van der Waals surface area contributed by atoms with E-state index in [1.807, 2.05) is 25.1 Å². The zero-order valence-corrected chi connectivity index (χ0v) is 18.3. The molecule has 0 aliphatic carbocycles. The number of hydrogen-bond donors (Lipinski definition) is 3. The number of amides is 1. The minimum absolute atomic E-state index is 0.173. The van der Waals surface area contributed by atoms with Gasteiger partial charge in [-0.3, -0.25) is 9.78 Å². The average Bonchev–Trinajstić information content (AvgIpc) is 3.20. The summed E-state index contributed by atoms with van der Waals surface area (Å²) in [4.78, 5) is 23.7. The molecule has 1 fully saturated rings. The van der Waals surface area contributed by atoms with E-state index in [1.165, 1.54) is 0 Å². The smallest absolute Gasteiger partial charge is 0.251 e. The number of benzene rings is 1. The monoisotopic (exact) mass is 435 g/mol. The number of fused-ring (bicyclic) bond motifs is 1. The normalized spacial score (nSPS) is 18.2. The highest BCUT2D eigenvalue weighted by Crippen LogP contribution is 2.30. The highest BCUT2D eigenvalue weighted by Gasteiger charge is 2.37. The number of pyridine rings is 2. The first-order chi connectivity index (χ1) is 15.5. The summed E-state index contributed by atoms with van der Waals surface area (Å²) in [7, 11) is 0. The molecule has 0 saturated carbocycles. The Kier molecular flexibility index (Phi) is 6.53. The first-order valence-corrected chi connectivity index (χ1v) is 10.9. The Morgan fingerprint density at radius 2 is 2.06 bits per heavy atom. The second-order valence-corrected chi connectivity index (χ2v) is 8.24. The van der Waals surface area contributed by atoms with E-state index in [0.717, 1.165) is 28.8 Å². The number of ether oxygens (including phenoxy) is 1. The van der Waals surface area contributed by atoms with Crippen molar-refractivity contribution in [3.05, 3.63) is 59.9 Å². The van der Waals surface area contributed by atoms with Gasteiger partial charge in [-0.15, -0.1) is 0 Å². The third kappa shape index (κ3) is 4.98. The van der Waals surface area contributed by atoms with Crippen molar-refractivity contribution in [1.82, 2.24) is 15.3 Å². The number of hydrogen-bond acceptors (Lipinski definition) is 7. The number of nitrogens with zero attached hydrogens (tertiary/aromatic N) is 3. The van der Waals surface area contributed by atoms with Crippen LogP contribution in [0.1, 0.15) is 28.9 Å². The number of nitrogens with one attached hydrogen (secondary N) is 1. The molecule has 1 amide bonds. The molecule has 168 valence electrons. The Balaban J connectivity index is 1.37. The number of aromatic nitrogens is 2. The third-order valence-corrected chi connectivity index (χ3v) is 5.69. The van der Waals surface area contributed by atoms with Crippen molar-refractivity contribution in [3.8, 4) is 5.75 Å². The Bertz CT molecular complexity index is 1090. The van der Waals surface area contributed by atoms with Gasteiger partial charge in [-0.2, -0.15) is 0 Å². The Hall–Kier alpha value is -3.23. The van der Waals surface area contributed by atoms with Gasteiger partial charge in [0.1, 0.15) is 16.9 Å². The van der Waals surface area contributed by atoms with Crippen molar-refractivity contribution in [2.75, 3.05) is 37.7 Å². The highest BCUT2D eigenvalue weighted by molar-refractivity contribution is 5.94. The van der Waals surface area contributed by atoms with Crippen LogP contribution < -0.4 is 20.7 Å². The van der Waals surface area contributed by atoms with E-state index in [4.69, 9.17) is 10.5 Å². The molecule has 4 rings (SSSR count). The van der Waals surface area contributed by atoms with Gasteiger partial charge in [0, 0.05) is 37.1 Å². The maximum absolute atomic E-state index is 12.6. The number of aliphatic hydroxyl groups is 1. The lowest BCUT2D eigenvalue weighted by atomic mass is 10.0. The van der Waals surface area contributed by atoms with Crippen molar-refractivity contribution in [2.45, 2.75) is 25.4 Å². The van der Waals surface area contributed by atoms with Crippen LogP contribution in [0.2, 0.25) is 0 Å². The molecule has 4 N–H and O–H groups in total. The fraction of sp³-hybridized carbons (Fsp3) is 0.375. The lowest BCUT2D eigenvalue weighted by Crippen LogP contribution is -2.45. The number of rotatable bonds is 8. The van der Waals surface area contributed by atoms with Crippen molar-refractivity contribution < 1.29 is 14.6 Å². The molecule has 0 bridgehead atoms. The van der Waals surface area contributed by atoms with Gasteiger partial charge >= 0.3 is 0 Å². The predicted molar refractivity (Wildman–Crippen MR) is 124 cm³/mol. The maximum atomic E-state index is 12.6. The Morgan fingerprint density at radius 3 is 2.84 bits per heavy atom. The molecule has 32 heavy (non-hydrogen) atoms. The van der Waals surface area contributed by atoms with Gasteiger partial charge in [-0.05, 0) is 68.8 Å². The summed E-state index contributed by atoms with van der Waals surface area (Å²) in [5.41, 5.74) is 8.50. The zero-order chi connectivity index (χ0) is 22.6. The molecule has 1 aromatic carbocycles. The molecule has 2 aromatic heterocycles. The molecule has 1 atom stereocenters. The second-order valence-electron chi connectivity index (χ2n) is 8.24. The molecule has 0 spiro atoms. The maximum Gasteiger partial charge on any atom is 0.251 e. The zero-order valence-electron chi connectivity index (χ0n) is 18.3. The summed E-state index contributed by atoms with van der Waals surface area (Å²) in [5.74, 6) is 0.477. The number of nitrogens with two attached hydrogens (primary N) is 1. The van der Waals surface area contributed by atoms with Gasteiger partial charge in [-0.25, -0.2) is 4.98 Å². The molecule has 8 heteroatoms. The topological polar surface area (TPSA) is 114 Å². The molecule has 0 radical (unpaired) electrons. The number of anilines is 1. The van der Waals surface area contributed by atoms with Crippen LogP contribution in [0, 0.1) is 6.92 Å². The van der Waals surface area contributed by atoms with Crippen LogP contribution in [0.5, 0.6) is 5.75 Å². The molecule has 1 aliphatic rings. The summed E-state index contributed by atoms with van der Waals surface area (Å²) in [6, 6.07) is 12.8. The van der Waals surface area contributed by atoms with Gasteiger partial charge in [0.25, 0.3) is 5.91 Å². The number of β-amino-alcohol motifs (C(OH)–C–C–N with tert-alkyl or cyclic N) is 1. The van der Waals surface area contributed by atoms with Gasteiger partial charge < -0.3 is 25.8 Å². The van der Waals surface area contributed by atoms with Gasteiger partial charge in [-0.1, -0.05) is 0 Å². The SMILES string of the molecule is Cc1ccc2nccc(N3CC[C@@](O)(CNC(=O)c4ccc(OCCCN)cc4)C3)c2n1. The van der Waals surface area contributed by atoms with Crippen LogP contribution in [-0.4, -0.2) is 59.4 Å². The first-order valence-electron chi connectivity index (χ1n) is 10.9. The van der Waals surface area contributed by atoms with E-state index < -0.39 is 5.60 Å². The van der Waals surface area contributed by atoms with Crippen LogP contribution >= 0.6 is 0 Å². The van der Waals surface area contributed by atoms with Gasteiger partial charge in [0.2, 0.25) is 0 Å². The Labute approximate surface area is 187 Å². The summed E-state index contributed by atoms with van der Waals surface area (Å²) in [6.45, 7) is 4.34. The average molecular weight is 436 g/mol. The second kappa shape index (κ2) is 9.50. The minimum atomic E-state index is -1.01. The van der Waals surface area contributed by atoms with Crippen molar-refractivity contribution in [1.29, 1.82) is 0 Å². The van der Waals surface area contributed by atoms with Crippen LogP contribution in [0.4, 0.5) is 5.69 Å². The lowest BCUT2D eigenvalue weighted by molar-refractivity contribution is 0.0576. The first kappa shape index (κ1) is 22.0. The summed E-state index contributed by atoms with van der Waals surface area (Å²) < 4.78 is 5.56. The fourth-order valence-corrected chi connectivity index (χ4v) is 3.89. The van der Waals surface area contributed by atoms with E-state index in [-0.39, 0.29) is 12.5 Å². The van der Waals surface area contributed by atoms with E-state index >= 15 is 0 Å². The summed E-state index contributed by atoms with van der Waals surface area (Å²) >= 11 is 0. The summed E-state index contributed by atoms with van der Waals surface area (Å²) in [6.07, 6.45) is 3.09. The molecule has 8 nitrogen and oxygen atoms in total. The molecular formula is C24H29N5O3. The molecule has 3 heterocycles. The van der Waals surface area contributed by atoms with E-state index in [2.05, 4.69) is 20.2 Å². The molecular weight excluding hydrogens is 406 g/mol. The van der Waals surface area contributed by atoms with E-state index in [1.54, 1.807) is 30.5 Å². The van der Waals surface area contributed by atoms with Crippen LogP contribution in [-0.2, 0) is 0 Å². The predicted octanol–water partition coefficient (Wildman–Crippen LogP) is 2.04. The molecule has 0 unspecified atom stereocenters. The van der Waals surface area contributed by atoms with Crippen molar-refractivity contribution >= 4 is 22.6 Å². The lowest BCUT2D eigenvalue weighted by Gasteiger charge is -2.25. The fourth-order valence-electron chi connectivity index (χ4n) is 3.89.